The van der Waals surface area contributed by atoms with Crippen molar-refractivity contribution >= 4 is 17.8 Å². The van der Waals surface area contributed by atoms with Crippen LogP contribution in [0.4, 0.5) is 0 Å². The summed E-state index contributed by atoms with van der Waals surface area (Å²) in [6.07, 6.45) is 1.08. The lowest BCUT2D eigenvalue weighted by molar-refractivity contribution is -0.146. The van der Waals surface area contributed by atoms with Crippen LogP contribution in [-0.4, -0.2) is 66.5 Å². The third-order valence-corrected chi connectivity index (χ3v) is 4.53. The van der Waals surface area contributed by atoms with Crippen LogP contribution >= 0.6 is 0 Å². The van der Waals surface area contributed by atoms with Crippen LogP contribution in [0.15, 0.2) is 24.3 Å². The first-order chi connectivity index (χ1) is 11.9. The largest absolute Gasteiger partial charge is 0.496 e. The van der Waals surface area contributed by atoms with Gasteiger partial charge in [0.15, 0.2) is 0 Å². The van der Waals surface area contributed by atoms with E-state index >= 15 is 0 Å². The van der Waals surface area contributed by atoms with Gasteiger partial charge in [-0.15, -0.1) is 0 Å². The summed E-state index contributed by atoms with van der Waals surface area (Å²) in [4.78, 5) is 38.7. The number of methoxy groups -OCH3 is 1. The van der Waals surface area contributed by atoms with E-state index < -0.39 is 5.97 Å². The molecule has 0 bridgehead atoms. The molecule has 1 fully saturated rings. The number of nitrogens with zero attached hydrogens (tertiary/aromatic N) is 2. The second-order valence-electron chi connectivity index (χ2n) is 6.23. The minimum atomic E-state index is -0.809. The number of carboxylic acids is 1. The van der Waals surface area contributed by atoms with E-state index in [1.807, 2.05) is 18.2 Å². The third-order valence-electron chi connectivity index (χ3n) is 4.53. The van der Waals surface area contributed by atoms with Crippen LogP contribution in [0.5, 0.6) is 5.75 Å². The number of likely N-dealkylation sites (tertiary alicyclic amines) is 1. The first-order valence-corrected chi connectivity index (χ1v) is 8.28. The third kappa shape index (κ3) is 4.95. The number of benzene rings is 1. The zero-order valence-electron chi connectivity index (χ0n) is 14.6. The van der Waals surface area contributed by atoms with Crippen LogP contribution in [-0.2, 0) is 20.8 Å². The highest BCUT2D eigenvalue weighted by molar-refractivity contribution is 5.86. The number of carboxylic acid groups (broad SMARTS) is 1. The summed E-state index contributed by atoms with van der Waals surface area (Å²) in [6, 6.07) is 7.28. The van der Waals surface area contributed by atoms with Crippen molar-refractivity contribution in [3.05, 3.63) is 29.8 Å². The Morgan fingerprint density at radius 3 is 2.48 bits per heavy atom. The van der Waals surface area contributed by atoms with Crippen LogP contribution in [0, 0.1) is 5.92 Å². The molecule has 7 heteroatoms. The average Bonchev–Trinajstić information content (AvgIpc) is 2.62. The average molecular weight is 348 g/mol. The van der Waals surface area contributed by atoms with Gasteiger partial charge in [-0.25, -0.2) is 0 Å². The van der Waals surface area contributed by atoms with Gasteiger partial charge >= 0.3 is 5.97 Å². The molecular weight excluding hydrogens is 324 g/mol. The van der Waals surface area contributed by atoms with Gasteiger partial charge in [-0.05, 0) is 18.9 Å². The molecule has 0 spiro atoms. The van der Waals surface area contributed by atoms with Gasteiger partial charge in [0.25, 0.3) is 0 Å². The number of hydrogen-bond acceptors (Lipinski definition) is 4. The molecule has 0 aliphatic carbocycles. The first kappa shape index (κ1) is 18.8. The Labute approximate surface area is 147 Å². The number of rotatable bonds is 6. The summed E-state index contributed by atoms with van der Waals surface area (Å²) in [5.41, 5.74) is 0.775. The Hall–Kier alpha value is -2.57. The second-order valence-corrected chi connectivity index (χ2v) is 6.23. The molecule has 1 heterocycles. The maximum absolute atomic E-state index is 12.4. The van der Waals surface area contributed by atoms with Crippen LogP contribution in [0.1, 0.15) is 18.4 Å². The molecule has 0 aromatic heterocycles. The number of ether oxygens (including phenoxy) is 1. The van der Waals surface area contributed by atoms with Gasteiger partial charge in [-0.1, -0.05) is 18.2 Å². The molecule has 0 saturated carbocycles. The van der Waals surface area contributed by atoms with Crippen molar-refractivity contribution in [3.8, 4) is 5.75 Å². The lowest BCUT2D eigenvalue weighted by atomic mass is 9.97. The summed E-state index contributed by atoms with van der Waals surface area (Å²) in [5, 5.41) is 9.00. The van der Waals surface area contributed by atoms with E-state index in [0.29, 0.717) is 31.7 Å². The Morgan fingerprint density at radius 1 is 1.24 bits per heavy atom. The number of carbonyl (C=O) groups is 3. The van der Waals surface area contributed by atoms with E-state index in [9.17, 15) is 14.4 Å². The topological polar surface area (TPSA) is 87.2 Å². The number of likely N-dealkylation sites (N-methyl/N-ethyl adjacent to an activating group) is 1. The first-order valence-electron chi connectivity index (χ1n) is 8.28. The number of hydrogen-bond donors (Lipinski definition) is 1. The SMILES string of the molecule is COc1ccccc1CC(=O)N(C)CC(=O)N1CCC(C(=O)O)CC1. The molecule has 1 saturated heterocycles. The molecule has 1 aliphatic rings. The molecule has 0 atom stereocenters. The summed E-state index contributed by atoms with van der Waals surface area (Å²) in [6.45, 7) is 0.834. The van der Waals surface area contributed by atoms with Crippen molar-refractivity contribution in [1.82, 2.24) is 9.80 Å². The Bertz CT molecular complexity index is 638. The molecule has 0 radical (unpaired) electrons. The fourth-order valence-electron chi connectivity index (χ4n) is 2.91. The normalized spacial score (nSPS) is 14.9. The van der Waals surface area contributed by atoms with Gasteiger partial charge in [-0.3, -0.25) is 14.4 Å². The highest BCUT2D eigenvalue weighted by Crippen LogP contribution is 2.19. The molecule has 1 aromatic carbocycles. The second kappa shape index (κ2) is 8.50. The van der Waals surface area contributed by atoms with Crippen molar-refractivity contribution in [3.63, 3.8) is 0 Å². The maximum atomic E-state index is 12.4. The van der Waals surface area contributed by atoms with Gasteiger partial charge in [0, 0.05) is 25.7 Å². The molecule has 1 aromatic rings. The van der Waals surface area contributed by atoms with Gasteiger partial charge in [-0.2, -0.15) is 0 Å². The summed E-state index contributed by atoms with van der Waals surface area (Å²) in [7, 11) is 3.15. The van der Waals surface area contributed by atoms with Crippen molar-refractivity contribution in [2.45, 2.75) is 19.3 Å². The number of para-hydroxylation sites is 1. The smallest absolute Gasteiger partial charge is 0.306 e. The molecule has 7 nitrogen and oxygen atoms in total. The highest BCUT2D eigenvalue weighted by atomic mass is 16.5. The Kier molecular flexibility index (Phi) is 6.38. The lowest BCUT2D eigenvalue weighted by Crippen LogP contribution is -2.45. The molecule has 0 unspecified atom stereocenters. The monoisotopic (exact) mass is 348 g/mol. The van der Waals surface area contributed by atoms with E-state index in [0.717, 1.165) is 5.56 Å². The Balaban J connectivity index is 1.86. The predicted molar refractivity (Wildman–Crippen MR) is 91.3 cm³/mol. The quantitative estimate of drug-likeness (QED) is 0.829. The number of carbonyl (C=O) groups excluding carboxylic acids is 2. The maximum Gasteiger partial charge on any atom is 0.306 e. The summed E-state index contributed by atoms with van der Waals surface area (Å²) < 4.78 is 5.24. The van der Waals surface area contributed by atoms with Crippen LogP contribution in [0.2, 0.25) is 0 Å². The molecule has 2 amide bonds. The van der Waals surface area contributed by atoms with Crippen LogP contribution < -0.4 is 4.74 Å². The van der Waals surface area contributed by atoms with E-state index in [1.54, 1.807) is 25.1 Å². The molecule has 25 heavy (non-hydrogen) atoms. The van der Waals surface area contributed by atoms with Crippen molar-refractivity contribution < 1.29 is 24.2 Å². The van der Waals surface area contributed by atoms with E-state index in [2.05, 4.69) is 0 Å². The summed E-state index contributed by atoms with van der Waals surface area (Å²) in [5.74, 6) is -0.866. The fraction of sp³-hybridized carbons (Fsp3) is 0.500. The molecule has 136 valence electrons. The van der Waals surface area contributed by atoms with Gasteiger partial charge in [0.1, 0.15) is 5.75 Å². The predicted octanol–water partition coefficient (Wildman–Crippen LogP) is 1.02. The number of amides is 2. The summed E-state index contributed by atoms with van der Waals surface area (Å²) >= 11 is 0. The highest BCUT2D eigenvalue weighted by Gasteiger charge is 2.27. The molecule has 1 N–H and O–H groups in total. The van der Waals surface area contributed by atoms with Crippen molar-refractivity contribution in [2.75, 3.05) is 33.8 Å². The number of piperidine rings is 1. The minimum absolute atomic E-state index is 0.00821. The molecular formula is C18H24N2O5. The lowest BCUT2D eigenvalue weighted by Gasteiger charge is -2.31. The van der Waals surface area contributed by atoms with Gasteiger partial charge in [0.2, 0.25) is 11.8 Å². The van der Waals surface area contributed by atoms with Crippen LogP contribution in [0.3, 0.4) is 0 Å². The van der Waals surface area contributed by atoms with E-state index in [4.69, 9.17) is 9.84 Å². The standard InChI is InChI=1S/C18H24N2O5/c1-19(16(21)11-14-5-3-4-6-15(14)25-2)12-17(22)20-9-7-13(8-10-20)18(23)24/h3-6,13H,7-12H2,1-2H3,(H,23,24). The zero-order chi connectivity index (χ0) is 18.4. The zero-order valence-corrected chi connectivity index (χ0v) is 14.6. The fourth-order valence-corrected chi connectivity index (χ4v) is 2.91. The van der Waals surface area contributed by atoms with Crippen molar-refractivity contribution in [2.24, 2.45) is 5.92 Å². The van der Waals surface area contributed by atoms with E-state index in [1.165, 1.54) is 4.90 Å². The Morgan fingerprint density at radius 2 is 1.88 bits per heavy atom. The van der Waals surface area contributed by atoms with Crippen molar-refractivity contribution in [1.29, 1.82) is 0 Å². The van der Waals surface area contributed by atoms with Gasteiger partial charge in [0.05, 0.1) is 26.0 Å². The van der Waals surface area contributed by atoms with E-state index in [-0.39, 0.29) is 30.7 Å². The molecule has 2 rings (SSSR count). The number of aliphatic carboxylic acids is 1. The molecule has 1 aliphatic heterocycles. The van der Waals surface area contributed by atoms with Crippen LogP contribution in [0.25, 0.3) is 0 Å². The minimum Gasteiger partial charge on any atom is -0.496 e. The van der Waals surface area contributed by atoms with Gasteiger partial charge < -0.3 is 19.6 Å².